The molecule has 1 aromatic carbocycles. The van der Waals surface area contributed by atoms with Crippen LogP contribution >= 0.6 is 24.0 Å². The molecule has 1 aliphatic heterocycles. The number of nitrogens with zero attached hydrogens (tertiary/aromatic N) is 1. The van der Waals surface area contributed by atoms with Crippen molar-refractivity contribution < 1.29 is 14.2 Å². The maximum atomic E-state index is 5.96. The second-order valence-corrected chi connectivity index (χ2v) is 7.18. The van der Waals surface area contributed by atoms with Gasteiger partial charge < -0.3 is 24.8 Å². The number of nitrogens with one attached hydrogen (secondary N) is 2. The summed E-state index contributed by atoms with van der Waals surface area (Å²) in [5, 5.41) is 6.61. The van der Waals surface area contributed by atoms with Crippen LogP contribution in [-0.4, -0.2) is 51.6 Å². The van der Waals surface area contributed by atoms with E-state index in [0.29, 0.717) is 25.8 Å². The topological polar surface area (TPSA) is 64.1 Å². The second-order valence-electron chi connectivity index (χ2n) is 7.18. The maximum absolute atomic E-state index is 5.96. The first-order valence-corrected chi connectivity index (χ1v) is 9.29. The van der Waals surface area contributed by atoms with E-state index >= 15 is 0 Å². The fourth-order valence-electron chi connectivity index (χ4n) is 2.59. The van der Waals surface area contributed by atoms with Gasteiger partial charge in [0, 0.05) is 40.5 Å². The molecule has 0 unspecified atom stereocenters. The van der Waals surface area contributed by atoms with Crippen molar-refractivity contribution in [1.29, 1.82) is 0 Å². The van der Waals surface area contributed by atoms with Crippen LogP contribution in [0.1, 0.15) is 37.8 Å². The molecule has 27 heavy (non-hydrogen) atoms. The molecule has 2 N–H and O–H groups in total. The van der Waals surface area contributed by atoms with Crippen LogP contribution in [0.25, 0.3) is 0 Å². The van der Waals surface area contributed by atoms with Gasteiger partial charge in [-0.1, -0.05) is 24.3 Å². The summed E-state index contributed by atoms with van der Waals surface area (Å²) in [5.74, 6) is 0.766. The van der Waals surface area contributed by atoms with Gasteiger partial charge in [-0.2, -0.15) is 0 Å². The molecule has 1 heterocycles. The highest BCUT2D eigenvalue weighted by molar-refractivity contribution is 14.0. The standard InChI is InChI=1S/C20H33N3O3.HI/c1-20(2,24-4)15-23-19(21-3)22-13-16-5-7-17(8-6-16)14-26-18-9-11-25-12-10-18;/h5-8,18H,9-15H2,1-4H3,(H2,21,22,23);1H. The van der Waals surface area contributed by atoms with E-state index in [0.717, 1.165) is 32.0 Å². The number of ether oxygens (including phenoxy) is 3. The molecule has 7 heteroatoms. The van der Waals surface area contributed by atoms with Gasteiger partial charge in [-0.3, -0.25) is 4.99 Å². The third kappa shape index (κ3) is 9.23. The normalized spacial score (nSPS) is 15.9. The Labute approximate surface area is 180 Å². The highest BCUT2D eigenvalue weighted by atomic mass is 127. The lowest BCUT2D eigenvalue weighted by Gasteiger charge is -2.24. The zero-order chi connectivity index (χ0) is 18.8. The van der Waals surface area contributed by atoms with Crippen molar-refractivity contribution in [3.63, 3.8) is 0 Å². The molecule has 0 spiro atoms. The average Bonchev–Trinajstić information content (AvgIpc) is 2.68. The number of halogens is 1. The Kier molecular flexibility index (Phi) is 11.2. The summed E-state index contributed by atoms with van der Waals surface area (Å²) in [7, 11) is 3.48. The molecule has 0 bridgehead atoms. The average molecular weight is 491 g/mol. The number of hydrogen-bond acceptors (Lipinski definition) is 4. The molecule has 1 fully saturated rings. The van der Waals surface area contributed by atoms with Crippen molar-refractivity contribution in [2.24, 2.45) is 4.99 Å². The lowest BCUT2D eigenvalue weighted by molar-refractivity contribution is -0.0390. The Hall–Kier alpha value is -0.900. The maximum Gasteiger partial charge on any atom is 0.191 e. The SMILES string of the molecule is CN=C(NCc1ccc(COC2CCOCC2)cc1)NCC(C)(C)OC.I. The van der Waals surface area contributed by atoms with Gasteiger partial charge >= 0.3 is 0 Å². The molecule has 0 amide bonds. The van der Waals surface area contributed by atoms with Crippen molar-refractivity contribution in [2.75, 3.05) is 33.9 Å². The molecular formula is C20H34IN3O3. The summed E-state index contributed by atoms with van der Waals surface area (Å²) in [6.45, 7) is 7.76. The van der Waals surface area contributed by atoms with Crippen LogP contribution in [0.3, 0.4) is 0 Å². The minimum atomic E-state index is -0.232. The van der Waals surface area contributed by atoms with Gasteiger partial charge in [-0.25, -0.2) is 0 Å². The van der Waals surface area contributed by atoms with Crippen molar-refractivity contribution in [3.05, 3.63) is 35.4 Å². The lowest BCUT2D eigenvalue weighted by atomic mass is 10.1. The first-order valence-electron chi connectivity index (χ1n) is 9.29. The molecular weight excluding hydrogens is 457 g/mol. The van der Waals surface area contributed by atoms with Gasteiger partial charge in [0.15, 0.2) is 5.96 Å². The first kappa shape index (κ1) is 24.1. The van der Waals surface area contributed by atoms with Crippen molar-refractivity contribution in [2.45, 2.75) is 51.5 Å². The van der Waals surface area contributed by atoms with Gasteiger partial charge in [0.25, 0.3) is 0 Å². The monoisotopic (exact) mass is 491 g/mol. The Bertz CT molecular complexity index is 558. The summed E-state index contributed by atoms with van der Waals surface area (Å²) in [6, 6.07) is 8.51. The predicted molar refractivity (Wildman–Crippen MR) is 120 cm³/mol. The minimum absolute atomic E-state index is 0. The minimum Gasteiger partial charge on any atom is -0.381 e. The molecule has 6 nitrogen and oxygen atoms in total. The van der Waals surface area contributed by atoms with E-state index in [1.165, 1.54) is 11.1 Å². The van der Waals surface area contributed by atoms with Crippen LogP contribution in [-0.2, 0) is 27.4 Å². The van der Waals surface area contributed by atoms with Crippen LogP contribution in [0, 0.1) is 0 Å². The number of guanidine groups is 1. The van der Waals surface area contributed by atoms with Gasteiger partial charge in [0.2, 0.25) is 0 Å². The van der Waals surface area contributed by atoms with Gasteiger partial charge in [0.1, 0.15) is 0 Å². The number of aliphatic imine (C=N–C) groups is 1. The zero-order valence-electron chi connectivity index (χ0n) is 16.9. The molecule has 1 aromatic rings. The highest BCUT2D eigenvalue weighted by Gasteiger charge is 2.16. The van der Waals surface area contributed by atoms with Gasteiger partial charge in [0.05, 0.1) is 18.3 Å². The van der Waals surface area contributed by atoms with E-state index in [1.54, 1.807) is 14.2 Å². The molecule has 0 radical (unpaired) electrons. The van der Waals surface area contributed by atoms with Crippen molar-refractivity contribution in [1.82, 2.24) is 10.6 Å². The Morgan fingerprint density at radius 1 is 1.15 bits per heavy atom. The van der Waals surface area contributed by atoms with Crippen LogP contribution in [0.4, 0.5) is 0 Å². The third-order valence-electron chi connectivity index (χ3n) is 4.59. The molecule has 1 saturated heterocycles. The Balaban J connectivity index is 0.00000364. The van der Waals surface area contributed by atoms with E-state index < -0.39 is 0 Å². The molecule has 154 valence electrons. The molecule has 0 atom stereocenters. The molecule has 2 rings (SSSR count). The van der Waals surface area contributed by atoms with E-state index in [9.17, 15) is 0 Å². The largest absolute Gasteiger partial charge is 0.381 e. The Morgan fingerprint density at radius 3 is 2.37 bits per heavy atom. The molecule has 0 saturated carbocycles. The zero-order valence-corrected chi connectivity index (χ0v) is 19.2. The fraction of sp³-hybridized carbons (Fsp3) is 0.650. The molecule has 1 aliphatic rings. The summed E-state index contributed by atoms with van der Waals surface area (Å²) >= 11 is 0. The fourth-order valence-corrected chi connectivity index (χ4v) is 2.59. The number of hydrogen-bond donors (Lipinski definition) is 2. The van der Waals surface area contributed by atoms with E-state index in [2.05, 4.69) is 39.9 Å². The quantitative estimate of drug-likeness (QED) is 0.333. The van der Waals surface area contributed by atoms with Crippen molar-refractivity contribution >= 4 is 29.9 Å². The van der Waals surface area contributed by atoms with E-state index in [-0.39, 0.29) is 29.6 Å². The summed E-state index contributed by atoms with van der Waals surface area (Å²) in [5.41, 5.74) is 2.17. The number of rotatable bonds is 8. The predicted octanol–water partition coefficient (Wildman–Crippen LogP) is 3.09. The van der Waals surface area contributed by atoms with E-state index in [4.69, 9.17) is 14.2 Å². The summed E-state index contributed by atoms with van der Waals surface area (Å²) < 4.78 is 16.7. The van der Waals surface area contributed by atoms with Crippen molar-refractivity contribution in [3.8, 4) is 0 Å². The highest BCUT2D eigenvalue weighted by Crippen LogP contribution is 2.14. The van der Waals surface area contributed by atoms with E-state index in [1.807, 2.05) is 13.8 Å². The smallest absolute Gasteiger partial charge is 0.191 e. The molecule has 0 aliphatic carbocycles. The van der Waals surface area contributed by atoms with Gasteiger partial charge in [-0.15, -0.1) is 24.0 Å². The summed E-state index contributed by atoms with van der Waals surface area (Å²) in [4.78, 5) is 4.25. The lowest BCUT2D eigenvalue weighted by Crippen LogP contribution is -2.45. The van der Waals surface area contributed by atoms with Crippen LogP contribution < -0.4 is 10.6 Å². The van der Waals surface area contributed by atoms with Gasteiger partial charge in [-0.05, 0) is 37.8 Å². The van der Waals surface area contributed by atoms with Crippen LogP contribution in [0.5, 0.6) is 0 Å². The number of benzene rings is 1. The number of methoxy groups -OCH3 is 1. The second kappa shape index (κ2) is 12.5. The van der Waals surface area contributed by atoms with Crippen LogP contribution in [0.15, 0.2) is 29.3 Å². The first-order chi connectivity index (χ1) is 12.5. The van der Waals surface area contributed by atoms with Crippen LogP contribution in [0.2, 0.25) is 0 Å². The Morgan fingerprint density at radius 2 is 1.78 bits per heavy atom. The summed E-state index contributed by atoms with van der Waals surface area (Å²) in [6.07, 6.45) is 2.32. The molecule has 0 aromatic heterocycles. The third-order valence-corrected chi connectivity index (χ3v) is 4.59.